The van der Waals surface area contributed by atoms with Crippen molar-refractivity contribution < 1.29 is 4.39 Å². The first-order chi connectivity index (χ1) is 12.3. The van der Waals surface area contributed by atoms with Crippen LogP contribution in [0.5, 0.6) is 0 Å². The number of rotatable bonds is 4. The van der Waals surface area contributed by atoms with Crippen molar-refractivity contribution in [3.8, 4) is 0 Å². The average Bonchev–Trinajstić information content (AvgIpc) is 2.98. The molecule has 0 radical (unpaired) electrons. The highest BCUT2D eigenvalue weighted by Gasteiger charge is 2.16. The molecule has 3 aromatic rings. The highest BCUT2D eigenvalue weighted by Crippen LogP contribution is 2.17. The number of nitrogens with one attached hydrogen (secondary N) is 1. The first kappa shape index (κ1) is 16.3. The topological polar surface area (TPSA) is 22.3 Å². The third-order valence-electron chi connectivity index (χ3n) is 5.06. The fraction of sp³-hybridized carbons (Fsp3) is 0.333. The monoisotopic (exact) mass is 337 g/mol. The number of H-pyrrole nitrogens is 1. The molecule has 1 aliphatic rings. The van der Waals surface area contributed by atoms with Crippen LogP contribution in [-0.4, -0.2) is 41.0 Å². The Morgan fingerprint density at radius 2 is 1.68 bits per heavy atom. The quantitative estimate of drug-likeness (QED) is 0.777. The van der Waals surface area contributed by atoms with Crippen LogP contribution in [0.15, 0.2) is 54.7 Å². The molecular formula is C21H24FN3. The zero-order chi connectivity index (χ0) is 17.1. The Morgan fingerprint density at radius 3 is 2.52 bits per heavy atom. The van der Waals surface area contributed by atoms with Crippen LogP contribution in [0.1, 0.15) is 17.5 Å². The van der Waals surface area contributed by atoms with E-state index in [9.17, 15) is 4.39 Å². The van der Waals surface area contributed by atoms with Gasteiger partial charge in [-0.3, -0.25) is 9.80 Å². The van der Waals surface area contributed by atoms with Crippen LogP contribution in [-0.2, 0) is 13.1 Å². The Morgan fingerprint density at radius 1 is 0.880 bits per heavy atom. The zero-order valence-electron chi connectivity index (χ0n) is 14.4. The summed E-state index contributed by atoms with van der Waals surface area (Å²) >= 11 is 0. The minimum atomic E-state index is -0.0941. The van der Waals surface area contributed by atoms with Gasteiger partial charge in [0.1, 0.15) is 5.82 Å². The molecule has 1 fully saturated rings. The van der Waals surface area contributed by atoms with Gasteiger partial charge < -0.3 is 4.98 Å². The van der Waals surface area contributed by atoms with E-state index in [1.54, 1.807) is 12.1 Å². The van der Waals surface area contributed by atoms with Gasteiger partial charge in [-0.15, -0.1) is 0 Å². The van der Waals surface area contributed by atoms with Crippen molar-refractivity contribution in [1.82, 2.24) is 14.8 Å². The van der Waals surface area contributed by atoms with E-state index in [2.05, 4.69) is 39.0 Å². The second kappa shape index (κ2) is 7.38. The molecule has 1 saturated heterocycles. The van der Waals surface area contributed by atoms with E-state index in [1.807, 2.05) is 18.3 Å². The minimum absolute atomic E-state index is 0.0941. The molecule has 1 aromatic heterocycles. The van der Waals surface area contributed by atoms with Crippen molar-refractivity contribution >= 4 is 10.9 Å². The van der Waals surface area contributed by atoms with Gasteiger partial charge >= 0.3 is 0 Å². The van der Waals surface area contributed by atoms with Gasteiger partial charge in [-0.05, 0) is 54.7 Å². The number of aromatic nitrogens is 1. The Bertz CT molecular complexity index is 842. The molecule has 0 atom stereocenters. The molecule has 0 unspecified atom stereocenters. The lowest BCUT2D eigenvalue weighted by Gasteiger charge is -2.22. The molecule has 0 amide bonds. The molecule has 2 aromatic carbocycles. The van der Waals surface area contributed by atoms with Crippen LogP contribution in [0.2, 0.25) is 0 Å². The summed E-state index contributed by atoms with van der Waals surface area (Å²) in [6.07, 6.45) is 3.11. The van der Waals surface area contributed by atoms with Crippen LogP contribution in [0.3, 0.4) is 0 Å². The Hall–Kier alpha value is -2.17. The van der Waals surface area contributed by atoms with Crippen molar-refractivity contribution in [2.24, 2.45) is 0 Å². The van der Waals surface area contributed by atoms with Crippen LogP contribution in [0.4, 0.5) is 4.39 Å². The summed E-state index contributed by atoms with van der Waals surface area (Å²) in [5, 5.41) is 1.27. The largest absolute Gasteiger partial charge is 0.361 e. The van der Waals surface area contributed by atoms with E-state index in [0.29, 0.717) is 6.54 Å². The Labute approximate surface area is 148 Å². The van der Waals surface area contributed by atoms with E-state index in [1.165, 1.54) is 16.5 Å². The van der Waals surface area contributed by atoms with Crippen molar-refractivity contribution in [3.63, 3.8) is 0 Å². The Balaban J connectivity index is 1.37. The van der Waals surface area contributed by atoms with E-state index in [0.717, 1.165) is 44.7 Å². The maximum atomic E-state index is 13.9. The summed E-state index contributed by atoms with van der Waals surface area (Å²) in [6.45, 7) is 5.82. The molecule has 0 saturated carbocycles. The van der Waals surface area contributed by atoms with Crippen molar-refractivity contribution in [2.75, 3.05) is 26.2 Å². The van der Waals surface area contributed by atoms with E-state index < -0.39 is 0 Å². The molecule has 1 aliphatic heterocycles. The van der Waals surface area contributed by atoms with Gasteiger partial charge in [-0.25, -0.2) is 4.39 Å². The standard InChI is InChI=1S/C21H24FN3/c22-20-5-2-1-4-19(20)16-25-11-3-10-24(12-13-25)15-17-6-7-21-18(14-17)8-9-23-21/h1-2,4-9,14,23H,3,10-13,15-16H2. The van der Waals surface area contributed by atoms with Gasteiger partial charge in [-0.1, -0.05) is 24.3 Å². The van der Waals surface area contributed by atoms with Gasteiger partial charge in [-0.2, -0.15) is 0 Å². The first-order valence-electron chi connectivity index (χ1n) is 9.02. The maximum absolute atomic E-state index is 13.9. The fourth-order valence-electron chi connectivity index (χ4n) is 3.67. The zero-order valence-corrected chi connectivity index (χ0v) is 14.4. The number of hydrogen-bond acceptors (Lipinski definition) is 2. The molecular weight excluding hydrogens is 313 g/mol. The third kappa shape index (κ3) is 3.91. The lowest BCUT2D eigenvalue weighted by atomic mass is 10.1. The number of fused-ring (bicyclic) bond motifs is 1. The number of hydrogen-bond donors (Lipinski definition) is 1. The lowest BCUT2D eigenvalue weighted by Crippen LogP contribution is -2.30. The molecule has 130 valence electrons. The molecule has 0 aliphatic carbocycles. The molecule has 3 nitrogen and oxygen atoms in total. The Kier molecular flexibility index (Phi) is 4.81. The van der Waals surface area contributed by atoms with Crippen molar-refractivity contribution in [3.05, 3.63) is 71.7 Å². The highest BCUT2D eigenvalue weighted by atomic mass is 19.1. The molecule has 1 N–H and O–H groups in total. The second-order valence-corrected chi connectivity index (χ2v) is 6.90. The maximum Gasteiger partial charge on any atom is 0.127 e. The van der Waals surface area contributed by atoms with Gasteiger partial charge in [0.2, 0.25) is 0 Å². The molecule has 0 spiro atoms. The highest BCUT2D eigenvalue weighted by molar-refractivity contribution is 5.79. The van der Waals surface area contributed by atoms with E-state index >= 15 is 0 Å². The normalized spacial score (nSPS) is 17.0. The summed E-state index contributed by atoms with van der Waals surface area (Å²) in [6, 6.07) is 15.9. The minimum Gasteiger partial charge on any atom is -0.361 e. The average molecular weight is 337 g/mol. The van der Waals surface area contributed by atoms with Gasteiger partial charge in [0.05, 0.1) is 0 Å². The smallest absolute Gasteiger partial charge is 0.127 e. The number of benzene rings is 2. The fourth-order valence-corrected chi connectivity index (χ4v) is 3.67. The molecule has 2 heterocycles. The SMILES string of the molecule is Fc1ccccc1CN1CCCN(Cc2ccc3[nH]ccc3c2)CC1. The summed E-state index contributed by atoms with van der Waals surface area (Å²) in [5.41, 5.74) is 3.35. The van der Waals surface area contributed by atoms with Crippen LogP contribution >= 0.6 is 0 Å². The van der Waals surface area contributed by atoms with Crippen molar-refractivity contribution in [1.29, 1.82) is 0 Å². The lowest BCUT2D eigenvalue weighted by molar-refractivity contribution is 0.245. The van der Waals surface area contributed by atoms with Gasteiger partial charge in [0.15, 0.2) is 0 Å². The van der Waals surface area contributed by atoms with Gasteiger partial charge in [0.25, 0.3) is 0 Å². The molecule has 0 bridgehead atoms. The first-order valence-corrected chi connectivity index (χ1v) is 9.02. The predicted molar refractivity (Wildman–Crippen MR) is 99.9 cm³/mol. The van der Waals surface area contributed by atoms with E-state index in [4.69, 9.17) is 0 Å². The predicted octanol–water partition coefficient (Wildman–Crippen LogP) is 4.01. The molecule has 25 heavy (non-hydrogen) atoms. The van der Waals surface area contributed by atoms with Gasteiger partial charge in [0, 0.05) is 43.5 Å². The summed E-state index contributed by atoms with van der Waals surface area (Å²) in [5.74, 6) is -0.0941. The third-order valence-corrected chi connectivity index (χ3v) is 5.06. The van der Waals surface area contributed by atoms with Crippen LogP contribution in [0, 0.1) is 5.82 Å². The number of aromatic amines is 1. The number of nitrogens with zero attached hydrogens (tertiary/aromatic N) is 2. The summed E-state index contributed by atoms with van der Waals surface area (Å²) < 4.78 is 13.9. The van der Waals surface area contributed by atoms with Crippen molar-refractivity contribution in [2.45, 2.75) is 19.5 Å². The molecule has 4 rings (SSSR count). The summed E-state index contributed by atoms with van der Waals surface area (Å²) in [4.78, 5) is 8.12. The summed E-state index contributed by atoms with van der Waals surface area (Å²) in [7, 11) is 0. The van der Waals surface area contributed by atoms with Crippen LogP contribution < -0.4 is 0 Å². The molecule has 4 heteroatoms. The number of halogens is 1. The van der Waals surface area contributed by atoms with Crippen LogP contribution in [0.25, 0.3) is 10.9 Å². The second-order valence-electron chi connectivity index (χ2n) is 6.90. The van der Waals surface area contributed by atoms with E-state index in [-0.39, 0.29) is 5.82 Å².